The van der Waals surface area contributed by atoms with Crippen LogP contribution < -0.4 is 10.9 Å². The molecule has 0 radical (unpaired) electrons. The number of fused-ring (bicyclic) bond motifs is 1. The van der Waals surface area contributed by atoms with Crippen LogP contribution >= 0.6 is 15.9 Å². The summed E-state index contributed by atoms with van der Waals surface area (Å²) in [7, 11) is 0. The molecule has 0 saturated heterocycles. The van der Waals surface area contributed by atoms with Crippen LogP contribution in [0, 0.1) is 0 Å². The van der Waals surface area contributed by atoms with Gasteiger partial charge in [0.05, 0.1) is 23.8 Å². The highest BCUT2D eigenvalue weighted by atomic mass is 79.9. The number of ether oxygens (including phenoxy) is 1. The number of amides is 1. The number of aromatic nitrogens is 2. The number of halogens is 1. The third-order valence-electron chi connectivity index (χ3n) is 4.09. The topological polar surface area (TPSA) is 73.2 Å². The number of nitrogens with zero attached hydrogens (tertiary/aromatic N) is 2. The summed E-state index contributed by atoms with van der Waals surface area (Å²) in [4.78, 5) is 29.0. The number of carbonyl (C=O) groups is 1. The van der Waals surface area contributed by atoms with Crippen molar-refractivity contribution in [3.8, 4) is 0 Å². The Morgan fingerprint density at radius 3 is 2.67 bits per heavy atom. The molecule has 1 amide bonds. The van der Waals surface area contributed by atoms with Gasteiger partial charge in [0.2, 0.25) is 5.91 Å². The molecular weight excluding hydrogens is 410 g/mol. The minimum absolute atomic E-state index is 0.0727. The monoisotopic (exact) mass is 429 g/mol. The Balaban J connectivity index is 1.62. The Bertz CT molecular complexity index is 1000. The molecule has 7 heteroatoms. The largest absolute Gasteiger partial charge is 0.377 e. The van der Waals surface area contributed by atoms with Crippen LogP contribution in [0.3, 0.4) is 0 Å². The van der Waals surface area contributed by atoms with Crippen molar-refractivity contribution in [2.45, 2.75) is 26.6 Å². The van der Waals surface area contributed by atoms with Crippen LogP contribution in [0.2, 0.25) is 0 Å². The second-order valence-corrected chi connectivity index (χ2v) is 6.99. The van der Waals surface area contributed by atoms with Gasteiger partial charge >= 0.3 is 0 Å². The van der Waals surface area contributed by atoms with E-state index in [-0.39, 0.29) is 18.0 Å². The zero-order chi connectivity index (χ0) is 19.2. The first-order valence-electron chi connectivity index (χ1n) is 8.64. The fraction of sp³-hybridized carbons (Fsp3) is 0.250. The van der Waals surface area contributed by atoms with E-state index in [1.807, 2.05) is 37.3 Å². The van der Waals surface area contributed by atoms with Gasteiger partial charge in [0.1, 0.15) is 6.54 Å². The van der Waals surface area contributed by atoms with Crippen molar-refractivity contribution in [3.63, 3.8) is 0 Å². The third-order valence-corrected chi connectivity index (χ3v) is 4.58. The molecule has 1 N–H and O–H groups in total. The summed E-state index contributed by atoms with van der Waals surface area (Å²) < 4.78 is 7.47. The highest BCUT2D eigenvalue weighted by Crippen LogP contribution is 2.14. The molecule has 0 aliphatic carbocycles. The predicted octanol–water partition coefficient (Wildman–Crippen LogP) is 3.01. The summed E-state index contributed by atoms with van der Waals surface area (Å²) in [6.45, 7) is 3.54. The van der Waals surface area contributed by atoms with Gasteiger partial charge in [0, 0.05) is 17.6 Å². The van der Waals surface area contributed by atoms with Crippen LogP contribution in [0.25, 0.3) is 10.9 Å². The second kappa shape index (κ2) is 8.92. The summed E-state index contributed by atoms with van der Waals surface area (Å²) in [5.41, 5.74) is 2.44. The second-order valence-electron chi connectivity index (χ2n) is 6.07. The van der Waals surface area contributed by atoms with Crippen LogP contribution in [0.15, 0.2) is 58.1 Å². The van der Waals surface area contributed by atoms with Crippen molar-refractivity contribution in [1.82, 2.24) is 14.9 Å². The minimum Gasteiger partial charge on any atom is -0.377 e. The van der Waals surface area contributed by atoms with E-state index in [0.717, 1.165) is 15.6 Å². The Kier molecular flexibility index (Phi) is 6.36. The van der Waals surface area contributed by atoms with Crippen molar-refractivity contribution in [1.29, 1.82) is 0 Å². The zero-order valence-corrected chi connectivity index (χ0v) is 16.5. The molecule has 3 rings (SSSR count). The summed E-state index contributed by atoms with van der Waals surface area (Å²) in [6, 6.07) is 13.2. The number of benzene rings is 2. The lowest BCUT2D eigenvalue weighted by atomic mass is 10.1. The van der Waals surface area contributed by atoms with E-state index in [9.17, 15) is 9.59 Å². The molecule has 0 spiro atoms. The molecule has 6 nitrogen and oxygen atoms in total. The van der Waals surface area contributed by atoms with Gasteiger partial charge in [0.15, 0.2) is 0 Å². The van der Waals surface area contributed by atoms with Gasteiger partial charge in [-0.25, -0.2) is 4.98 Å². The van der Waals surface area contributed by atoms with Crippen molar-refractivity contribution >= 4 is 32.7 Å². The fourth-order valence-electron chi connectivity index (χ4n) is 2.63. The maximum Gasteiger partial charge on any atom is 0.261 e. The number of carbonyl (C=O) groups excluding carboxylic acids is 1. The van der Waals surface area contributed by atoms with Gasteiger partial charge in [0.25, 0.3) is 5.56 Å². The molecular formula is C20H20BrN3O3. The van der Waals surface area contributed by atoms with Crippen molar-refractivity contribution < 1.29 is 9.53 Å². The number of hydrogen-bond donors (Lipinski definition) is 1. The maximum absolute atomic E-state index is 12.5. The summed E-state index contributed by atoms with van der Waals surface area (Å²) in [5.74, 6) is -0.244. The lowest BCUT2D eigenvalue weighted by molar-refractivity contribution is -0.121. The zero-order valence-electron chi connectivity index (χ0n) is 14.9. The number of hydrogen-bond acceptors (Lipinski definition) is 4. The Labute approximate surface area is 165 Å². The first-order valence-corrected chi connectivity index (χ1v) is 9.43. The first kappa shape index (κ1) is 19.3. The average molecular weight is 430 g/mol. The smallest absolute Gasteiger partial charge is 0.261 e. The predicted molar refractivity (Wildman–Crippen MR) is 107 cm³/mol. The van der Waals surface area contributed by atoms with E-state index in [4.69, 9.17) is 4.74 Å². The Morgan fingerprint density at radius 1 is 1.19 bits per heavy atom. The van der Waals surface area contributed by atoms with E-state index in [2.05, 4.69) is 26.2 Å². The molecule has 0 atom stereocenters. The van der Waals surface area contributed by atoms with E-state index < -0.39 is 0 Å². The van der Waals surface area contributed by atoms with Gasteiger partial charge in [-0.3, -0.25) is 14.2 Å². The van der Waals surface area contributed by atoms with Gasteiger partial charge in [-0.15, -0.1) is 0 Å². The van der Waals surface area contributed by atoms with E-state index in [1.54, 1.807) is 12.1 Å². The van der Waals surface area contributed by atoms with E-state index >= 15 is 0 Å². The number of nitrogens with one attached hydrogen (secondary N) is 1. The maximum atomic E-state index is 12.5. The van der Waals surface area contributed by atoms with Gasteiger partial charge in [-0.2, -0.15) is 0 Å². The average Bonchev–Trinajstić information content (AvgIpc) is 2.68. The highest BCUT2D eigenvalue weighted by Gasteiger charge is 2.08. The van der Waals surface area contributed by atoms with Crippen LogP contribution in [-0.2, 0) is 29.2 Å². The number of rotatable bonds is 7. The summed E-state index contributed by atoms with van der Waals surface area (Å²) in [6.07, 6.45) is 1.40. The van der Waals surface area contributed by atoms with Crippen molar-refractivity contribution in [2.24, 2.45) is 0 Å². The van der Waals surface area contributed by atoms with Crippen LogP contribution in [0.4, 0.5) is 0 Å². The molecule has 1 aromatic heterocycles. The SMILES string of the molecule is CCOCc1ccc(CNC(=O)Cn2cnc3ccc(Br)cc3c2=O)cc1. The fourth-order valence-corrected chi connectivity index (χ4v) is 2.99. The van der Waals surface area contributed by atoms with Crippen LogP contribution in [0.5, 0.6) is 0 Å². The van der Waals surface area contributed by atoms with Gasteiger partial charge in [-0.1, -0.05) is 40.2 Å². The first-order chi connectivity index (χ1) is 13.1. The highest BCUT2D eigenvalue weighted by molar-refractivity contribution is 9.10. The summed E-state index contributed by atoms with van der Waals surface area (Å²) in [5, 5.41) is 3.31. The molecule has 2 aromatic carbocycles. The molecule has 0 bridgehead atoms. The Hall–Kier alpha value is -2.51. The minimum atomic E-state index is -0.244. The molecule has 3 aromatic rings. The normalized spacial score (nSPS) is 10.9. The van der Waals surface area contributed by atoms with Gasteiger partial charge < -0.3 is 10.1 Å². The van der Waals surface area contributed by atoms with Gasteiger partial charge in [-0.05, 0) is 36.2 Å². The standard InChI is InChI=1S/C20H20BrN3O3/c1-2-27-12-15-5-3-14(4-6-15)10-22-19(25)11-24-13-23-18-8-7-16(21)9-17(18)20(24)26/h3-9,13H,2,10-12H2,1H3,(H,22,25). The van der Waals surface area contributed by atoms with Crippen molar-refractivity contribution in [2.75, 3.05) is 6.61 Å². The molecule has 1 heterocycles. The van der Waals surface area contributed by atoms with E-state index in [0.29, 0.717) is 30.7 Å². The molecule has 0 fully saturated rings. The van der Waals surface area contributed by atoms with E-state index in [1.165, 1.54) is 10.9 Å². The third kappa shape index (κ3) is 5.02. The Morgan fingerprint density at radius 2 is 1.93 bits per heavy atom. The van der Waals surface area contributed by atoms with Crippen LogP contribution in [0.1, 0.15) is 18.1 Å². The van der Waals surface area contributed by atoms with Crippen LogP contribution in [-0.4, -0.2) is 22.1 Å². The molecule has 0 saturated carbocycles. The quantitative estimate of drug-likeness (QED) is 0.626. The summed E-state index contributed by atoms with van der Waals surface area (Å²) >= 11 is 3.35. The lowest BCUT2D eigenvalue weighted by Gasteiger charge is -2.09. The molecule has 0 aliphatic heterocycles. The molecule has 0 aliphatic rings. The molecule has 0 unspecified atom stereocenters. The lowest BCUT2D eigenvalue weighted by Crippen LogP contribution is -2.32. The molecule has 140 valence electrons. The van der Waals surface area contributed by atoms with Crippen molar-refractivity contribution in [3.05, 3.63) is 74.7 Å². The molecule has 27 heavy (non-hydrogen) atoms.